The van der Waals surface area contributed by atoms with E-state index < -0.39 is 5.54 Å². The molecule has 0 radical (unpaired) electrons. The molecule has 0 aliphatic heterocycles. The standard InChI is InChI=1S/C12H16BrN3O2/c1-7-4-8(6-9(13)5-7)10(17)15-12(2,3)11(14)16-18/h4-6,18H,1-3H3,(H2,14,16)(H,15,17). The first-order valence-electron chi connectivity index (χ1n) is 5.34. The van der Waals surface area contributed by atoms with Crippen molar-refractivity contribution in [1.82, 2.24) is 5.32 Å². The van der Waals surface area contributed by atoms with E-state index in [9.17, 15) is 4.79 Å². The lowest BCUT2D eigenvalue weighted by Gasteiger charge is -2.24. The highest BCUT2D eigenvalue weighted by Crippen LogP contribution is 2.16. The van der Waals surface area contributed by atoms with E-state index in [4.69, 9.17) is 10.9 Å². The van der Waals surface area contributed by atoms with Gasteiger partial charge in [-0.15, -0.1) is 0 Å². The molecule has 1 rings (SSSR count). The molecule has 0 aromatic heterocycles. The number of carbonyl (C=O) groups excluding carboxylic acids is 1. The fraction of sp³-hybridized carbons (Fsp3) is 0.333. The molecule has 0 bridgehead atoms. The van der Waals surface area contributed by atoms with Crippen LogP contribution in [0.3, 0.4) is 0 Å². The molecule has 0 heterocycles. The molecule has 0 unspecified atom stereocenters. The van der Waals surface area contributed by atoms with Gasteiger partial charge >= 0.3 is 0 Å². The second-order valence-corrected chi connectivity index (χ2v) is 5.50. The van der Waals surface area contributed by atoms with Crippen LogP contribution in [0.25, 0.3) is 0 Å². The third kappa shape index (κ3) is 3.46. The third-order valence-electron chi connectivity index (χ3n) is 2.48. The van der Waals surface area contributed by atoms with Crippen molar-refractivity contribution in [1.29, 1.82) is 0 Å². The lowest BCUT2D eigenvalue weighted by Crippen LogP contribution is -2.53. The molecular formula is C12H16BrN3O2. The van der Waals surface area contributed by atoms with Gasteiger partial charge in [0.15, 0.2) is 5.84 Å². The number of aryl methyl sites for hydroxylation is 1. The highest BCUT2D eigenvalue weighted by atomic mass is 79.9. The molecule has 1 amide bonds. The Morgan fingerprint density at radius 2 is 2.06 bits per heavy atom. The van der Waals surface area contributed by atoms with Crippen molar-refractivity contribution in [3.8, 4) is 0 Å². The topological polar surface area (TPSA) is 87.7 Å². The maximum Gasteiger partial charge on any atom is 0.252 e. The smallest absolute Gasteiger partial charge is 0.252 e. The highest BCUT2D eigenvalue weighted by molar-refractivity contribution is 9.10. The number of benzene rings is 1. The molecule has 0 atom stereocenters. The molecule has 0 saturated carbocycles. The normalized spacial score (nSPS) is 12.3. The largest absolute Gasteiger partial charge is 0.409 e. The predicted octanol–water partition coefficient (Wildman–Crippen LogP) is 2.01. The van der Waals surface area contributed by atoms with E-state index in [1.54, 1.807) is 26.0 Å². The highest BCUT2D eigenvalue weighted by Gasteiger charge is 2.26. The van der Waals surface area contributed by atoms with Gasteiger partial charge in [-0.25, -0.2) is 0 Å². The van der Waals surface area contributed by atoms with E-state index in [2.05, 4.69) is 26.4 Å². The van der Waals surface area contributed by atoms with Crippen LogP contribution in [-0.2, 0) is 0 Å². The van der Waals surface area contributed by atoms with Crippen molar-refractivity contribution < 1.29 is 10.0 Å². The van der Waals surface area contributed by atoms with Gasteiger partial charge in [0, 0.05) is 10.0 Å². The summed E-state index contributed by atoms with van der Waals surface area (Å²) in [6.45, 7) is 5.21. The number of amides is 1. The Labute approximate surface area is 114 Å². The van der Waals surface area contributed by atoms with E-state index >= 15 is 0 Å². The molecule has 4 N–H and O–H groups in total. The van der Waals surface area contributed by atoms with Gasteiger partial charge in [0.1, 0.15) is 0 Å². The zero-order valence-electron chi connectivity index (χ0n) is 10.5. The average molecular weight is 314 g/mol. The average Bonchev–Trinajstić information content (AvgIpc) is 2.25. The van der Waals surface area contributed by atoms with Gasteiger partial charge in [-0.2, -0.15) is 0 Å². The first-order valence-corrected chi connectivity index (χ1v) is 6.13. The first-order chi connectivity index (χ1) is 8.26. The molecule has 98 valence electrons. The summed E-state index contributed by atoms with van der Waals surface area (Å²) in [6, 6.07) is 5.39. The van der Waals surface area contributed by atoms with E-state index in [-0.39, 0.29) is 11.7 Å². The molecule has 0 aliphatic carbocycles. The SMILES string of the molecule is Cc1cc(Br)cc(C(=O)NC(C)(C)/C(N)=N/O)c1. The van der Waals surface area contributed by atoms with Crippen molar-refractivity contribution in [2.24, 2.45) is 10.9 Å². The van der Waals surface area contributed by atoms with Crippen LogP contribution in [-0.4, -0.2) is 22.5 Å². The van der Waals surface area contributed by atoms with Gasteiger partial charge in [-0.05, 0) is 44.5 Å². The molecule has 0 spiro atoms. The van der Waals surface area contributed by atoms with Crippen molar-refractivity contribution in [2.45, 2.75) is 26.3 Å². The summed E-state index contributed by atoms with van der Waals surface area (Å²) < 4.78 is 0.828. The van der Waals surface area contributed by atoms with Gasteiger partial charge < -0.3 is 16.3 Å². The minimum Gasteiger partial charge on any atom is -0.409 e. The molecule has 0 aliphatic rings. The van der Waals surface area contributed by atoms with E-state index in [1.807, 2.05) is 13.0 Å². The molecule has 5 nitrogen and oxygen atoms in total. The molecule has 1 aromatic rings. The lowest BCUT2D eigenvalue weighted by molar-refractivity contribution is 0.0930. The molecule has 0 fully saturated rings. The van der Waals surface area contributed by atoms with Gasteiger partial charge in [-0.3, -0.25) is 4.79 Å². The van der Waals surface area contributed by atoms with Crippen molar-refractivity contribution in [3.05, 3.63) is 33.8 Å². The Morgan fingerprint density at radius 3 is 2.56 bits per heavy atom. The maximum atomic E-state index is 12.1. The quantitative estimate of drug-likeness (QED) is 0.345. The summed E-state index contributed by atoms with van der Waals surface area (Å²) in [6.07, 6.45) is 0. The number of oxime groups is 1. The number of amidine groups is 1. The van der Waals surface area contributed by atoms with Crippen molar-refractivity contribution in [3.63, 3.8) is 0 Å². The van der Waals surface area contributed by atoms with Crippen LogP contribution in [0.4, 0.5) is 0 Å². The summed E-state index contributed by atoms with van der Waals surface area (Å²) in [5.41, 5.74) is 6.08. The summed E-state index contributed by atoms with van der Waals surface area (Å²) in [5.74, 6) is -0.335. The summed E-state index contributed by atoms with van der Waals surface area (Å²) in [7, 11) is 0. The van der Waals surface area contributed by atoms with Crippen LogP contribution in [0.15, 0.2) is 27.8 Å². The second kappa shape index (κ2) is 5.39. The van der Waals surface area contributed by atoms with Crippen LogP contribution in [0.1, 0.15) is 29.8 Å². The van der Waals surface area contributed by atoms with E-state index in [0.717, 1.165) is 10.0 Å². The Morgan fingerprint density at radius 1 is 1.44 bits per heavy atom. The first kappa shape index (κ1) is 14.5. The summed E-state index contributed by atoms with van der Waals surface area (Å²) in [4.78, 5) is 12.1. The fourth-order valence-electron chi connectivity index (χ4n) is 1.41. The minimum absolute atomic E-state index is 0.0532. The van der Waals surface area contributed by atoms with E-state index in [1.165, 1.54) is 0 Å². The van der Waals surface area contributed by atoms with Gasteiger partial charge in [-0.1, -0.05) is 21.1 Å². The van der Waals surface area contributed by atoms with Gasteiger partial charge in [0.05, 0.1) is 5.54 Å². The number of nitrogens with zero attached hydrogens (tertiary/aromatic N) is 1. The minimum atomic E-state index is -0.915. The van der Waals surface area contributed by atoms with E-state index in [0.29, 0.717) is 5.56 Å². The molecular weight excluding hydrogens is 298 g/mol. The Bertz CT molecular complexity index is 478. The number of carbonyl (C=O) groups is 1. The van der Waals surface area contributed by atoms with Crippen molar-refractivity contribution in [2.75, 3.05) is 0 Å². The Kier molecular flexibility index (Phi) is 4.34. The van der Waals surface area contributed by atoms with Crippen LogP contribution >= 0.6 is 15.9 Å². The molecule has 6 heteroatoms. The molecule has 18 heavy (non-hydrogen) atoms. The van der Waals surface area contributed by atoms with Gasteiger partial charge in [0.25, 0.3) is 5.91 Å². The number of nitrogens with two attached hydrogens (primary N) is 1. The zero-order valence-corrected chi connectivity index (χ0v) is 12.1. The Hall–Kier alpha value is -1.56. The number of halogens is 1. The molecule has 0 saturated heterocycles. The number of hydrogen-bond donors (Lipinski definition) is 3. The maximum absolute atomic E-state index is 12.1. The monoisotopic (exact) mass is 313 g/mol. The van der Waals surface area contributed by atoms with Crippen LogP contribution in [0, 0.1) is 6.92 Å². The zero-order chi connectivity index (χ0) is 13.9. The number of rotatable bonds is 3. The molecule has 1 aromatic carbocycles. The number of hydrogen-bond acceptors (Lipinski definition) is 3. The predicted molar refractivity (Wildman–Crippen MR) is 73.8 cm³/mol. The third-order valence-corrected chi connectivity index (χ3v) is 2.94. The number of nitrogens with one attached hydrogen (secondary N) is 1. The van der Waals surface area contributed by atoms with Crippen LogP contribution in [0.2, 0.25) is 0 Å². The Balaban J connectivity index is 2.95. The fourth-order valence-corrected chi connectivity index (χ4v) is 2.02. The van der Waals surface area contributed by atoms with Crippen LogP contribution < -0.4 is 11.1 Å². The van der Waals surface area contributed by atoms with Crippen LogP contribution in [0.5, 0.6) is 0 Å². The summed E-state index contributed by atoms with van der Waals surface area (Å²) in [5, 5.41) is 14.3. The summed E-state index contributed by atoms with van der Waals surface area (Å²) >= 11 is 3.34. The second-order valence-electron chi connectivity index (χ2n) is 4.58. The lowest BCUT2D eigenvalue weighted by atomic mass is 10.0. The van der Waals surface area contributed by atoms with Crippen molar-refractivity contribution >= 4 is 27.7 Å². The van der Waals surface area contributed by atoms with Gasteiger partial charge in [0.2, 0.25) is 0 Å².